The van der Waals surface area contributed by atoms with Gasteiger partial charge in [0.15, 0.2) is 0 Å². The summed E-state index contributed by atoms with van der Waals surface area (Å²) in [6.45, 7) is 6.39. The number of nitrogens with two attached hydrogens (primary N) is 1. The minimum absolute atomic E-state index is 0.151. The van der Waals surface area contributed by atoms with E-state index in [0.29, 0.717) is 0 Å². The maximum atomic E-state index is 6.05. The van der Waals surface area contributed by atoms with Crippen molar-refractivity contribution in [3.8, 4) is 5.69 Å². The van der Waals surface area contributed by atoms with Crippen molar-refractivity contribution < 1.29 is 0 Å². The van der Waals surface area contributed by atoms with Crippen LogP contribution in [0.4, 0.5) is 5.82 Å². The molecule has 1 atom stereocenters. The summed E-state index contributed by atoms with van der Waals surface area (Å²) >= 11 is 0. The first kappa shape index (κ1) is 14.1. The Morgan fingerprint density at radius 2 is 1.86 bits per heavy atom. The lowest BCUT2D eigenvalue weighted by atomic mass is 10.1. The fourth-order valence-electron chi connectivity index (χ4n) is 3.11. The molecule has 1 fully saturated rings. The number of hydrogen-bond acceptors (Lipinski definition) is 3. The molecular weight excluding hydrogens is 260 g/mol. The van der Waals surface area contributed by atoms with Gasteiger partial charge in [0, 0.05) is 24.7 Å². The molecule has 1 saturated heterocycles. The third-order valence-electron chi connectivity index (χ3n) is 4.09. The highest BCUT2D eigenvalue weighted by molar-refractivity contribution is 5.56. The van der Waals surface area contributed by atoms with Gasteiger partial charge >= 0.3 is 0 Å². The minimum Gasteiger partial charge on any atom is -0.356 e. The molecule has 0 radical (unpaired) electrons. The van der Waals surface area contributed by atoms with E-state index in [-0.39, 0.29) is 6.04 Å². The zero-order valence-corrected chi connectivity index (χ0v) is 12.9. The van der Waals surface area contributed by atoms with Crippen LogP contribution in [0.2, 0.25) is 0 Å². The van der Waals surface area contributed by atoms with E-state index < -0.39 is 0 Å². The molecule has 0 bridgehead atoms. The van der Waals surface area contributed by atoms with Crippen molar-refractivity contribution in [1.29, 1.82) is 0 Å². The second kappa shape index (κ2) is 5.90. The van der Waals surface area contributed by atoms with E-state index in [9.17, 15) is 0 Å². The highest BCUT2D eigenvalue weighted by atomic mass is 15.4. The van der Waals surface area contributed by atoms with Crippen LogP contribution in [0.15, 0.2) is 30.3 Å². The first-order valence-electron chi connectivity index (χ1n) is 7.81. The second-order valence-electron chi connectivity index (χ2n) is 6.01. The normalized spacial score (nSPS) is 16.4. The van der Waals surface area contributed by atoms with Gasteiger partial charge in [0.1, 0.15) is 5.82 Å². The quantitative estimate of drug-likeness (QED) is 0.939. The second-order valence-corrected chi connectivity index (χ2v) is 6.01. The summed E-state index contributed by atoms with van der Waals surface area (Å²) in [6, 6.07) is 10.5. The fraction of sp³-hybridized carbons (Fsp3) is 0.471. The number of rotatable bonds is 4. The van der Waals surface area contributed by atoms with Gasteiger partial charge in [-0.2, -0.15) is 5.10 Å². The van der Waals surface area contributed by atoms with Crippen LogP contribution in [0, 0.1) is 6.92 Å². The van der Waals surface area contributed by atoms with Crippen molar-refractivity contribution in [2.75, 3.05) is 18.0 Å². The number of nitrogens with zero attached hydrogens (tertiary/aromatic N) is 3. The summed E-state index contributed by atoms with van der Waals surface area (Å²) in [4.78, 5) is 2.46. The zero-order chi connectivity index (χ0) is 14.8. The van der Waals surface area contributed by atoms with E-state index in [2.05, 4.69) is 47.7 Å². The largest absolute Gasteiger partial charge is 0.356 e. The molecule has 1 aliphatic rings. The average Bonchev–Trinajstić information content (AvgIpc) is 3.08. The van der Waals surface area contributed by atoms with Crippen LogP contribution in [-0.2, 0) is 6.42 Å². The molecular formula is C17H24N4. The zero-order valence-electron chi connectivity index (χ0n) is 12.9. The van der Waals surface area contributed by atoms with E-state index in [1.54, 1.807) is 0 Å². The molecule has 1 unspecified atom stereocenters. The van der Waals surface area contributed by atoms with Gasteiger partial charge in [0.05, 0.1) is 11.4 Å². The van der Waals surface area contributed by atoms with E-state index in [1.165, 1.54) is 24.2 Å². The van der Waals surface area contributed by atoms with Crippen molar-refractivity contribution in [1.82, 2.24) is 9.78 Å². The molecule has 0 saturated carbocycles. The molecule has 1 aliphatic heterocycles. The molecule has 2 aromatic rings. The van der Waals surface area contributed by atoms with Gasteiger partial charge in [0.2, 0.25) is 0 Å². The van der Waals surface area contributed by atoms with Crippen molar-refractivity contribution in [3.05, 3.63) is 41.6 Å². The lowest BCUT2D eigenvalue weighted by Gasteiger charge is -2.21. The Labute approximate surface area is 126 Å². The van der Waals surface area contributed by atoms with Crippen LogP contribution in [0.5, 0.6) is 0 Å². The molecule has 3 rings (SSSR count). The van der Waals surface area contributed by atoms with Gasteiger partial charge in [-0.25, -0.2) is 4.68 Å². The summed E-state index contributed by atoms with van der Waals surface area (Å²) in [5.41, 5.74) is 9.57. The first-order valence-corrected chi connectivity index (χ1v) is 7.81. The lowest BCUT2D eigenvalue weighted by molar-refractivity contribution is 0.730. The smallest absolute Gasteiger partial charge is 0.135 e. The highest BCUT2D eigenvalue weighted by Gasteiger charge is 2.24. The van der Waals surface area contributed by atoms with Crippen LogP contribution in [0.1, 0.15) is 31.0 Å². The van der Waals surface area contributed by atoms with E-state index in [1.807, 2.05) is 6.07 Å². The van der Waals surface area contributed by atoms with Crippen LogP contribution in [0.3, 0.4) is 0 Å². The average molecular weight is 284 g/mol. The Morgan fingerprint density at radius 1 is 1.19 bits per heavy atom. The fourth-order valence-corrected chi connectivity index (χ4v) is 3.11. The van der Waals surface area contributed by atoms with Gasteiger partial charge in [-0.05, 0) is 45.2 Å². The van der Waals surface area contributed by atoms with E-state index in [4.69, 9.17) is 10.8 Å². The summed E-state index contributed by atoms with van der Waals surface area (Å²) in [6.07, 6.45) is 3.40. The maximum absolute atomic E-state index is 6.05. The highest BCUT2D eigenvalue weighted by Crippen LogP contribution is 2.30. The molecule has 4 heteroatoms. The molecule has 1 aromatic carbocycles. The van der Waals surface area contributed by atoms with Crippen molar-refractivity contribution in [3.63, 3.8) is 0 Å². The molecule has 4 nitrogen and oxygen atoms in total. The molecule has 0 spiro atoms. The Kier molecular flexibility index (Phi) is 3.97. The van der Waals surface area contributed by atoms with Crippen LogP contribution < -0.4 is 10.6 Å². The van der Waals surface area contributed by atoms with Crippen LogP contribution >= 0.6 is 0 Å². The molecule has 1 aromatic heterocycles. The summed E-state index contributed by atoms with van der Waals surface area (Å²) in [5, 5.41) is 4.80. The minimum atomic E-state index is 0.151. The first-order chi connectivity index (χ1) is 10.2. The summed E-state index contributed by atoms with van der Waals surface area (Å²) in [5.74, 6) is 1.24. The van der Waals surface area contributed by atoms with E-state index >= 15 is 0 Å². The third-order valence-corrected chi connectivity index (χ3v) is 4.09. The summed E-state index contributed by atoms with van der Waals surface area (Å²) < 4.78 is 2.10. The van der Waals surface area contributed by atoms with E-state index in [0.717, 1.165) is 30.9 Å². The number of aromatic nitrogens is 2. The van der Waals surface area contributed by atoms with Crippen LogP contribution in [0.25, 0.3) is 5.69 Å². The Hall–Kier alpha value is -1.81. The van der Waals surface area contributed by atoms with Gasteiger partial charge in [-0.15, -0.1) is 0 Å². The molecule has 2 heterocycles. The SMILES string of the molecule is Cc1nn(-c2ccccc2)c(N2CCCC2)c1CC(C)N. The molecule has 0 amide bonds. The number of para-hydroxylation sites is 1. The monoisotopic (exact) mass is 284 g/mol. The number of aryl methyl sites for hydroxylation is 1. The van der Waals surface area contributed by atoms with Gasteiger partial charge in [-0.3, -0.25) is 0 Å². The van der Waals surface area contributed by atoms with Crippen LogP contribution in [-0.4, -0.2) is 28.9 Å². The van der Waals surface area contributed by atoms with Crippen molar-refractivity contribution in [2.45, 2.75) is 39.2 Å². The topological polar surface area (TPSA) is 47.1 Å². The molecule has 0 aliphatic carbocycles. The standard InChI is InChI=1S/C17H24N4/c1-13(18)12-16-14(2)19-21(15-8-4-3-5-9-15)17(16)20-10-6-7-11-20/h3-5,8-9,13H,6-7,10-12,18H2,1-2H3. The predicted octanol–water partition coefficient (Wildman–Crippen LogP) is 2.67. The molecule has 21 heavy (non-hydrogen) atoms. The lowest BCUT2D eigenvalue weighted by Crippen LogP contribution is -2.25. The van der Waals surface area contributed by atoms with Crippen molar-refractivity contribution >= 4 is 5.82 Å². The number of anilines is 1. The molecule has 2 N–H and O–H groups in total. The number of hydrogen-bond donors (Lipinski definition) is 1. The van der Waals surface area contributed by atoms with Crippen molar-refractivity contribution in [2.24, 2.45) is 5.73 Å². The maximum Gasteiger partial charge on any atom is 0.135 e. The molecule has 112 valence electrons. The number of benzene rings is 1. The summed E-state index contributed by atoms with van der Waals surface area (Å²) in [7, 11) is 0. The van der Waals surface area contributed by atoms with Gasteiger partial charge in [-0.1, -0.05) is 18.2 Å². The van der Waals surface area contributed by atoms with Gasteiger partial charge < -0.3 is 10.6 Å². The van der Waals surface area contributed by atoms with Gasteiger partial charge in [0.25, 0.3) is 0 Å². The Bertz CT molecular complexity index is 595. The Morgan fingerprint density at radius 3 is 2.48 bits per heavy atom. The third kappa shape index (κ3) is 2.81. The predicted molar refractivity (Wildman–Crippen MR) is 87.1 cm³/mol. The Balaban J connectivity index is 2.10.